The molecule has 0 amide bonds. The lowest BCUT2D eigenvalue weighted by atomic mass is 10.1. The summed E-state index contributed by atoms with van der Waals surface area (Å²) in [5.74, 6) is 0.322. The third-order valence-corrected chi connectivity index (χ3v) is 3.71. The van der Waals surface area contributed by atoms with Crippen molar-refractivity contribution in [2.45, 2.75) is 12.7 Å². The van der Waals surface area contributed by atoms with Crippen molar-refractivity contribution in [1.29, 1.82) is 0 Å². The molecule has 23 heavy (non-hydrogen) atoms. The van der Waals surface area contributed by atoms with Gasteiger partial charge in [0.1, 0.15) is 17.8 Å². The van der Waals surface area contributed by atoms with Crippen LogP contribution in [0.5, 0.6) is 0 Å². The molecular weight excluding hydrogens is 311 g/mol. The Morgan fingerprint density at radius 2 is 1.87 bits per heavy atom. The third-order valence-electron chi connectivity index (χ3n) is 3.71. The van der Waals surface area contributed by atoms with Crippen molar-refractivity contribution < 1.29 is 22.7 Å². The quantitative estimate of drug-likeness (QED) is 0.524. The maximum atomic E-state index is 13.1. The molecule has 1 heterocycles. The number of fused-ring (bicyclic) bond motifs is 1. The van der Waals surface area contributed by atoms with Gasteiger partial charge in [0, 0.05) is 17.7 Å². The van der Waals surface area contributed by atoms with Crippen LogP contribution in [0.2, 0.25) is 0 Å². The minimum Gasteiger partial charge on any atom is -0.286 e. The van der Waals surface area contributed by atoms with Crippen molar-refractivity contribution in [2.24, 2.45) is 5.73 Å². The van der Waals surface area contributed by atoms with Gasteiger partial charge in [-0.2, -0.15) is 13.2 Å². The lowest BCUT2D eigenvalue weighted by Gasteiger charge is -2.09. The highest BCUT2D eigenvalue weighted by molar-refractivity contribution is 5.97. The van der Waals surface area contributed by atoms with E-state index in [9.17, 15) is 23.3 Å². The number of nitro benzene ring substituents is 1. The third kappa shape index (κ3) is 2.52. The number of amidine groups is 1. The number of rotatable bonds is 2. The van der Waals surface area contributed by atoms with E-state index >= 15 is 0 Å². The van der Waals surface area contributed by atoms with E-state index in [0.29, 0.717) is 12.4 Å². The topological polar surface area (TPSA) is 72.2 Å². The molecule has 0 radical (unpaired) electrons. The number of nitrogens with zero attached hydrogens (tertiary/aromatic N) is 2. The zero-order valence-electron chi connectivity index (χ0n) is 11.7. The Bertz CT molecular complexity index is 844. The molecule has 0 spiro atoms. The fourth-order valence-corrected chi connectivity index (χ4v) is 2.62. The van der Waals surface area contributed by atoms with Crippen molar-refractivity contribution >= 4 is 17.2 Å². The molecule has 0 atom stereocenters. The van der Waals surface area contributed by atoms with Crippen LogP contribution in [0.3, 0.4) is 0 Å². The maximum absolute atomic E-state index is 13.1. The molecule has 2 aromatic carbocycles. The highest BCUT2D eigenvalue weighted by Crippen LogP contribution is 2.38. The standard InChI is InChI=1S/C15H10F3N3O2/c16-15(17,18)12-7-10(5-6-13(12)21(22)23)20-8-9-3-1-2-4-11(9)14(20)19/h1-7,19H,8H2/p+1. The molecule has 0 unspecified atom stereocenters. The molecule has 0 saturated heterocycles. The fourth-order valence-electron chi connectivity index (χ4n) is 2.62. The van der Waals surface area contributed by atoms with E-state index in [4.69, 9.17) is 5.73 Å². The van der Waals surface area contributed by atoms with Gasteiger partial charge in [-0.25, -0.2) is 4.58 Å². The second-order valence-electron chi connectivity index (χ2n) is 5.08. The second-order valence-corrected chi connectivity index (χ2v) is 5.08. The summed E-state index contributed by atoms with van der Waals surface area (Å²) >= 11 is 0. The Morgan fingerprint density at radius 3 is 2.48 bits per heavy atom. The minimum absolute atomic E-state index is 0.164. The molecule has 3 rings (SSSR count). The van der Waals surface area contributed by atoms with Crippen LogP contribution < -0.4 is 5.73 Å². The highest BCUT2D eigenvalue weighted by Gasteiger charge is 2.39. The maximum Gasteiger partial charge on any atom is 0.423 e. The molecule has 0 aliphatic carbocycles. The molecule has 2 N–H and O–H groups in total. The van der Waals surface area contributed by atoms with Gasteiger partial charge < -0.3 is 0 Å². The van der Waals surface area contributed by atoms with E-state index in [0.717, 1.165) is 23.3 Å². The van der Waals surface area contributed by atoms with Gasteiger partial charge in [0.15, 0.2) is 0 Å². The molecule has 0 bridgehead atoms. The predicted molar refractivity (Wildman–Crippen MR) is 76.5 cm³/mol. The summed E-state index contributed by atoms with van der Waals surface area (Å²) in [6.45, 7) is 0.317. The molecule has 2 aromatic rings. The summed E-state index contributed by atoms with van der Waals surface area (Å²) < 4.78 is 40.7. The van der Waals surface area contributed by atoms with E-state index in [1.165, 1.54) is 10.6 Å². The average Bonchev–Trinajstić information content (AvgIpc) is 2.83. The molecule has 0 aromatic heterocycles. The summed E-state index contributed by atoms with van der Waals surface area (Å²) in [5.41, 5.74) is 5.54. The lowest BCUT2D eigenvalue weighted by Crippen LogP contribution is -2.20. The molecule has 0 fully saturated rings. The number of halogens is 3. The molecule has 0 saturated carbocycles. The Balaban J connectivity index is 2.13. The lowest BCUT2D eigenvalue weighted by molar-refractivity contribution is -0.453. The van der Waals surface area contributed by atoms with E-state index in [2.05, 4.69) is 0 Å². The molecule has 5 nitrogen and oxygen atoms in total. The summed E-state index contributed by atoms with van der Waals surface area (Å²) in [6.07, 6.45) is -4.82. The molecule has 1 aliphatic rings. The van der Waals surface area contributed by atoms with Gasteiger partial charge in [-0.15, -0.1) is 0 Å². The zero-order chi connectivity index (χ0) is 16.8. The van der Waals surface area contributed by atoms with Crippen LogP contribution in [0.25, 0.3) is 0 Å². The van der Waals surface area contributed by atoms with Crippen LogP contribution in [0.4, 0.5) is 24.5 Å². The van der Waals surface area contributed by atoms with E-state index in [1.807, 2.05) is 12.1 Å². The zero-order valence-corrected chi connectivity index (χ0v) is 11.7. The van der Waals surface area contributed by atoms with Gasteiger partial charge in [-0.1, -0.05) is 18.2 Å². The first-order valence-corrected chi connectivity index (χ1v) is 6.63. The first-order valence-electron chi connectivity index (χ1n) is 6.63. The first-order chi connectivity index (χ1) is 10.8. The monoisotopic (exact) mass is 322 g/mol. The number of nitro groups is 1. The Kier molecular flexibility index (Phi) is 3.32. The van der Waals surface area contributed by atoms with Crippen molar-refractivity contribution in [1.82, 2.24) is 0 Å². The Labute approximate surface area is 128 Å². The normalized spacial score (nSPS) is 14.0. The fraction of sp³-hybridized carbons (Fsp3) is 0.133. The summed E-state index contributed by atoms with van der Waals surface area (Å²) in [6, 6.07) is 10.1. The van der Waals surface area contributed by atoms with Crippen LogP contribution in [-0.2, 0) is 12.7 Å². The van der Waals surface area contributed by atoms with Gasteiger partial charge in [0.2, 0.25) is 0 Å². The van der Waals surface area contributed by atoms with Crippen molar-refractivity contribution in [3.8, 4) is 0 Å². The van der Waals surface area contributed by atoms with E-state index < -0.39 is 22.4 Å². The number of hydrogen-bond donors (Lipinski definition) is 1. The van der Waals surface area contributed by atoms with Crippen LogP contribution >= 0.6 is 0 Å². The van der Waals surface area contributed by atoms with Crippen LogP contribution in [0.15, 0.2) is 42.5 Å². The van der Waals surface area contributed by atoms with Gasteiger partial charge in [-0.3, -0.25) is 15.8 Å². The smallest absolute Gasteiger partial charge is 0.286 e. The summed E-state index contributed by atoms with van der Waals surface area (Å²) in [7, 11) is 0. The Hall–Kier alpha value is -2.90. The number of alkyl halides is 3. The van der Waals surface area contributed by atoms with Crippen molar-refractivity contribution in [2.75, 3.05) is 0 Å². The highest BCUT2D eigenvalue weighted by atomic mass is 19.4. The number of benzene rings is 2. The first kappa shape index (κ1) is 15.0. The second kappa shape index (κ2) is 5.08. The largest absolute Gasteiger partial charge is 0.423 e. The average molecular weight is 322 g/mol. The van der Waals surface area contributed by atoms with E-state index in [-0.39, 0.29) is 5.69 Å². The minimum atomic E-state index is -4.82. The SMILES string of the molecule is NC1=[N+](c2ccc([N+](=O)[O-])c(C(F)(F)F)c2)Cc2ccccc21. The van der Waals surface area contributed by atoms with Crippen LogP contribution in [0, 0.1) is 10.1 Å². The predicted octanol–water partition coefficient (Wildman–Crippen LogP) is 3.18. The van der Waals surface area contributed by atoms with Gasteiger partial charge in [-0.05, 0) is 12.1 Å². The van der Waals surface area contributed by atoms with Gasteiger partial charge >= 0.3 is 6.18 Å². The van der Waals surface area contributed by atoms with Crippen LogP contribution in [-0.4, -0.2) is 15.3 Å². The summed E-state index contributed by atoms with van der Waals surface area (Å²) in [5, 5.41) is 10.8. The molecule has 8 heteroatoms. The number of hydrogen-bond acceptors (Lipinski definition) is 3. The number of nitrogens with two attached hydrogens (primary N) is 1. The van der Waals surface area contributed by atoms with E-state index in [1.54, 1.807) is 12.1 Å². The van der Waals surface area contributed by atoms with Crippen LogP contribution in [0.1, 0.15) is 16.7 Å². The van der Waals surface area contributed by atoms with Gasteiger partial charge in [0.05, 0.1) is 10.5 Å². The summed E-state index contributed by atoms with van der Waals surface area (Å²) in [4.78, 5) is 9.76. The Morgan fingerprint density at radius 1 is 1.17 bits per heavy atom. The molecular formula is C15H11F3N3O2+. The van der Waals surface area contributed by atoms with Crippen molar-refractivity contribution in [3.63, 3.8) is 0 Å². The molecule has 1 aliphatic heterocycles. The van der Waals surface area contributed by atoms with Crippen molar-refractivity contribution in [3.05, 3.63) is 69.3 Å². The van der Waals surface area contributed by atoms with Gasteiger partial charge in [0.25, 0.3) is 11.5 Å². The molecule has 118 valence electrons.